The fourth-order valence-corrected chi connectivity index (χ4v) is 3.74. The highest BCUT2D eigenvalue weighted by atomic mass is 16.5. The molecule has 9 heteroatoms. The Bertz CT molecular complexity index is 1600. The van der Waals surface area contributed by atoms with E-state index in [-0.39, 0.29) is 11.3 Å². The first-order chi connectivity index (χ1) is 16.6. The molecule has 0 aliphatic heterocycles. The van der Waals surface area contributed by atoms with E-state index in [0.717, 1.165) is 5.56 Å². The summed E-state index contributed by atoms with van der Waals surface area (Å²) in [4.78, 5) is 38.1. The fraction of sp³-hybridized carbons (Fsp3) is 0.0800. The molecule has 2 heterocycles. The maximum atomic E-state index is 12.9. The molecule has 0 bridgehead atoms. The van der Waals surface area contributed by atoms with Crippen LogP contribution >= 0.6 is 0 Å². The van der Waals surface area contributed by atoms with Crippen molar-refractivity contribution in [2.24, 2.45) is 0 Å². The standard InChI is InChI=1S/C25H19N5O4/c1-2-30-25(33)18-11-7-6-10-17(18)21(28-30)24(32)27-26-23(31)16-12-13-20-19(14-16)22(34-29-20)15-8-4-3-5-9-15/h3-14H,2H2,1H3,(H,26,31)(H,27,32). The summed E-state index contributed by atoms with van der Waals surface area (Å²) in [6, 6.07) is 21.1. The lowest BCUT2D eigenvalue weighted by Gasteiger charge is -2.11. The number of amides is 2. The number of nitrogens with one attached hydrogen (secondary N) is 2. The summed E-state index contributed by atoms with van der Waals surface area (Å²) < 4.78 is 6.69. The van der Waals surface area contributed by atoms with Crippen molar-refractivity contribution in [1.29, 1.82) is 0 Å². The van der Waals surface area contributed by atoms with Gasteiger partial charge >= 0.3 is 0 Å². The quantitative estimate of drug-likeness (QED) is 0.403. The molecule has 2 N–H and O–H groups in total. The highest BCUT2D eigenvalue weighted by Gasteiger charge is 2.18. The van der Waals surface area contributed by atoms with Crippen LogP contribution in [0.1, 0.15) is 27.8 Å². The smallest absolute Gasteiger partial charge is 0.290 e. The first-order valence-electron chi connectivity index (χ1n) is 10.6. The first-order valence-corrected chi connectivity index (χ1v) is 10.6. The van der Waals surface area contributed by atoms with Crippen molar-refractivity contribution in [3.05, 3.63) is 94.4 Å². The van der Waals surface area contributed by atoms with Crippen LogP contribution in [0.2, 0.25) is 0 Å². The summed E-state index contributed by atoms with van der Waals surface area (Å²) in [5, 5.41) is 9.67. The summed E-state index contributed by atoms with van der Waals surface area (Å²) >= 11 is 0. The largest absolute Gasteiger partial charge is 0.355 e. The molecule has 0 aliphatic rings. The number of benzene rings is 3. The van der Waals surface area contributed by atoms with Crippen LogP contribution in [0.25, 0.3) is 33.0 Å². The summed E-state index contributed by atoms with van der Waals surface area (Å²) in [5.74, 6) is -0.613. The number of fused-ring (bicyclic) bond motifs is 2. The van der Waals surface area contributed by atoms with Gasteiger partial charge in [-0.05, 0) is 31.2 Å². The van der Waals surface area contributed by atoms with Gasteiger partial charge in [0, 0.05) is 23.1 Å². The Morgan fingerprint density at radius 2 is 1.59 bits per heavy atom. The minimum Gasteiger partial charge on any atom is -0.355 e. The number of nitrogens with zero attached hydrogens (tertiary/aromatic N) is 3. The van der Waals surface area contributed by atoms with Gasteiger partial charge in [-0.2, -0.15) is 5.10 Å². The Hall–Kier alpha value is -4.79. The maximum absolute atomic E-state index is 12.9. The average molecular weight is 453 g/mol. The third-order valence-electron chi connectivity index (χ3n) is 5.45. The number of rotatable bonds is 4. The first kappa shape index (κ1) is 21.1. The zero-order valence-electron chi connectivity index (χ0n) is 18.1. The Labute approximate surface area is 193 Å². The van der Waals surface area contributed by atoms with Crippen molar-refractivity contribution in [3.63, 3.8) is 0 Å². The number of hydrogen-bond acceptors (Lipinski definition) is 6. The van der Waals surface area contributed by atoms with Gasteiger partial charge in [-0.1, -0.05) is 53.7 Å². The number of carbonyl (C=O) groups is 2. The van der Waals surface area contributed by atoms with Crippen LogP contribution in [-0.4, -0.2) is 26.8 Å². The highest BCUT2D eigenvalue weighted by molar-refractivity contribution is 6.06. The zero-order chi connectivity index (χ0) is 23.7. The predicted molar refractivity (Wildman–Crippen MR) is 126 cm³/mol. The lowest BCUT2D eigenvalue weighted by atomic mass is 10.1. The van der Waals surface area contributed by atoms with Crippen molar-refractivity contribution in [1.82, 2.24) is 25.8 Å². The van der Waals surface area contributed by atoms with E-state index in [2.05, 4.69) is 21.1 Å². The summed E-state index contributed by atoms with van der Waals surface area (Å²) in [6.07, 6.45) is 0. The van der Waals surface area contributed by atoms with Crippen LogP contribution in [0.15, 0.2) is 82.1 Å². The molecule has 2 aromatic heterocycles. The van der Waals surface area contributed by atoms with E-state index >= 15 is 0 Å². The van der Waals surface area contributed by atoms with Crippen molar-refractivity contribution >= 4 is 33.5 Å². The van der Waals surface area contributed by atoms with E-state index in [1.54, 1.807) is 49.4 Å². The molecule has 9 nitrogen and oxygen atoms in total. The Morgan fingerprint density at radius 1 is 0.882 bits per heavy atom. The van der Waals surface area contributed by atoms with Crippen LogP contribution < -0.4 is 16.4 Å². The minimum atomic E-state index is -0.636. The maximum Gasteiger partial charge on any atom is 0.290 e. The van der Waals surface area contributed by atoms with Gasteiger partial charge in [0.25, 0.3) is 17.4 Å². The zero-order valence-corrected chi connectivity index (χ0v) is 18.1. The molecule has 5 aromatic rings. The molecule has 0 radical (unpaired) electrons. The molecule has 0 aliphatic carbocycles. The van der Waals surface area contributed by atoms with Crippen LogP contribution in [0.4, 0.5) is 0 Å². The molecule has 2 amide bonds. The molecule has 5 rings (SSSR count). The Kier molecular flexibility index (Phi) is 5.35. The van der Waals surface area contributed by atoms with Gasteiger partial charge in [0.15, 0.2) is 11.5 Å². The average Bonchev–Trinajstić information content (AvgIpc) is 3.31. The number of hydrogen-bond donors (Lipinski definition) is 2. The van der Waals surface area contributed by atoms with Crippen LogP contribution in [0, 0.1) is 0 Å². The van der Waals surface area contributed by atoms with E-state index in [1.165, 1.54) is 4.68 Å². The molecule has 0 fully saturated rings. The molecular weight excluding hydrogens is 434 g/mol. The Balaban J connectivity index is 1.40. The number of aromatic nitrogens is 3. The molecule has 0 saturated carbocycles. The van der Waals surface area contributed by atoms with Crippen molar-refractivity contribution in [2.45, 2.75) is 13.5 Å². The monoisotopic (exact) mass is 453 g/mol. The van der Waals surface area contributed by atoms with E-state index in [0.29, 0.717) is 39.5 Å². The van der Waals surface area contributed by atoms with Crippen LogP contribution in [0.3, 0.4) is 0 Å². The third kappa shape index (κ3) is 3.69. The fourth-order valence-electron chi connectivity index (χ4n) is 3.74. The predicted octanol–water partition coefficient (Wildman–Crippen LogP) is 3.30. The van der Waals surface area contributed by atoms with Gasteiger partial charge in [0.05, 0.1) is 10.8 Å². The topological polar surface area (TPSA) is 119 Å². The lowest BCUT2D eigenvalue weighted by Crippen LogP contribution is -2.42. The molecule has 3 aromatic carbocycles. The van der Waals surface area contributed by atoms with Gasteiger partial charge in [-0.15, -0.1) is 0 Å². The molecule has 0 unspecified atom stereocenters. The van der Waals surface area contributed by atoms with Gasteiger partial charge in [-0.3, -0.25) is 25.2 Å². The van der Waals surface area contributed by atoms with E-state index in [9.17, 15) is 14.4 Å². The van der Waals surface area contributed by atoms with Crippen LogP contribution in [0.5, 0.6) is 0 Å². The molecule has 34 heavy (non-hydrogen) atoms. The number of hydrazine groups is 1. The molecule has 0 saturated heterocycles. The van der Waals surface area contributed by atoms with E-state index < -0.39 is 11.8 Å². The van der Waals surface area contributed by atoms with Gasteiger partial charge in [0.2, 0.25) is 0 Å². The SMILES string of the molecule is CCn1nc(C(=O)NNC(=O)c2ccc3noc(-c4ccccc4)c3c2)c2ccccc2c1=O. The normalized spacial score (nSPS) is 11.0. The second-order valence-corrected chi connectivity index (χ2v) is 7.53. The summed E-state index contributed by atoms with van der Waals surface area (Å²) in [7, 11) is 0. The third-order valence-corrected chi connectivity index (χ3v) is 5.45. The minimum absolute atomic E-state index is 0.0400. The summed E-state index contributed by atoms with van der Waals surface area (Å²) in [6.45, 7) is 2.07. The molecular formula is C25H19N5O4. The highest BCUT2D eigenvalue weighted by Crippen LogP contribution is 2.29. The van der Waals surface area contributed by atoms with Gasteiger partial charge in [0.1, 0.15) is 5.52 Å². The van der Waals surface area contributed by atoms with E-state index in [4.69, 9.17) is 4.52 Å². The second kappa shape index (κ2) is 8.62. The molecule has 0 atom stereocenters. The van der Waals surface area contributed by atoms with Crippen molar-refractivity contribution < 1.29 is 14.1 Å². The molecule has 168 valence electrons. The van der Waals surface area contributed by atoms with E-state index in [1.807, 2.05) is 30.3 Å². The number of aryl methyl sites for hydroxylation is 1. The lowest BCUT2D eigenvalue weighted by molar-refractivity contribution is 0.0843. The van der Waals surface area contributed by atoms with Crippen molar-refractivity contribution in [3.8, 4) is 11.3 Å². The van der Waals surface area contributed by atoms with Crippen molar-refractivity contribution in [2.75, 3.05) is 0 Å². The van der Waals surface area contributed by atoms with Gasteiger partial charge < -0.3 is 4.52 Å². The van der Waals surface area contributed by atoms with Gasteiger partial charge in [-0.25, -0.2) is 4.68 Å². The summed E-state index contributed by atoms with van der Waals surface area (Å²) in [5.41, 5.74) is 6.31. The second-order valence-electron chi connectivity index (χ2n) is 7.53. The van der Waals surface area contributed by atoms with Crippen LogP contribution in [-0.2, 0) is 6.54 Å². The number of carbonyl (C=O) groups excluding carboxylic acids is 2. The Morgan fingerprint density at radius 3 is 2.35 bits per heavy atom. The molecule has 0 spiro atoms.